The van der Waals surface area contributed by atoms with Crippen molar-refractivity contribution in [2.45, 2.75) is 33.6 Å². The van der Waals surface area contributed by atoms with Gasteiger partial charge >= 0.3 is 0 Å². The lowest BCUT2D eigenvalue weighted by Crippen LogP contribution is -2.45. The van der Waals surface area contributed by atoms with Gasteiger partial charge in [-0.15, -0.1) is 24.0 Å². The molecule has 2 fully saturated rings. The fourth-order valence-electron chi connectivity index (χ4n) is 3.77. The van der Waals surface area contributed by atoms with Crippen LogP contribution in [0.1, 0.15) is 33.6 Å². The van der Waals surface area contributed by atoms with Crippen LogP contribution in [0.3, 0.4) is 0 Å². The molecule has 0 radical (unpaired) electrons. The first-order chi connectivity index (χ1) is 11.1. The number of nitrogens with zero attached hydrogens (tertiary/aromatic N) is 3. The van der Waals surface area contributed by atoms with Gasteiger partial charge < -0.3 is 15.0 Å². The summed E-state index contributed by atoms with van der Waals surface area (Å²) in [5.74, 6) is 3.34. The molecule has 2 saturated heterocycles. The Kier molecular flexibility index (Phi) is 10.5. The van der Waals surface area contributed by atoms with Gasteiger partial charge in [0.25, 0.3) is 0 Å². The second-order valence-electron chi connectivity index (χ2n) is 7.68. The van der Waals surface area contributed by atoms with Crippen molar-refractivity contribution in [3.8, 4) is 0 Å². The average molecular weight is 452 g/mol. The van der Waals surface area contributed by atoms with E-state index < -0.39 is 0 Å². The van der Waals surface area contributed by atoms with E-state index in [0.29, 0.717) is 5.92 Å². The van der Waals surface area contributed by atoms with Crippen molar-refractivity contribution in [3.63, 3.8) is 0 Å². The fraction of sp³-hybridized carbons (Fsp3) is 0.944. The Labute approximate surface area is 165 Å². The van der Waals surface area contributed by atoms with Crippen LogP contribution < -0.4 is 5.32 Å². The Morgan fingerprint density at radius 2 is 1.92 bits per heavy atom. The van der Waals surface area contributed by atoms with Crippen molar-refractivity contribution in [3.05, 3.63) is 0 Å². The maximum absolute atomic E-state index is 5.42. The van der Waals surface area contributed by atoms with Gasteiger partial charge in [-0.25, -0.2) is 0 Å². The SMILES string of the molecule is CN=C(NCC(C)CN1CCOCC1)N1CCC(CC(C)C)C1.I. The van der Waals surface area contributed by atoms with Crippen molar-refractivity contribution in [2.24, 2.45) is 22.7 Å². The molecule has 24 heavy (non-hydrogen) atoms. The molecule has 0 aromatic rings. The molecular formula is C18H37IN4O. The van der Waals surface area contributed by atoms with E-state index in [9.17, 15) is 0 Å². The molecular weight excluding hydrogens is 415 g/mol. The number of ether oxygens (including phenoxy) is 1. The Balaban J connectivity index is 0.00000288. The van der Waals surface area contributed by atoms with Crippen molar-refractivity contribution in [2.75, 3.05) is 59.5 Å². The highest BCUT2D eigenvalue weighted by molar-refractivity contribution is 14.0. The van der Waals surface area contributed by atoms with Gasteiger partial charge in [0.1, 0.15) is 0 Å². The van der Waals surface area contributed by atoms with E-state index in [1.54, 1.807) is 0 Å². The molecule has 2 aliphatic heterocycles. The Morgan fingerprint density at radius 3 is 2.54 bits per heavy atom. The molecule has 0 saturated carbocycles. The lowest BCUT2D eigenvalue weighted by Gasteiger charge is -2.30. The third-order valence-corrected chi connectivity index (χ3v) is 4.88. The maximum atomic E-state index is 5.42. The van der Waals surface area contributed by atoms with Crippen LogP contribution >= 0.6 is 24.0 Å². The number of hydrogen-bond acceptors (Lipinski definition) is 3. The molecule has 0 aromatic carbocycles. The zero-order valence-corrected chi connectivity index (χ0v) is 18.3. The number of morpholine rings is 1. The van der Waals surface area contributed by atoms with E-state index in [-0.39, 0.29) is 24.0 Å². The topological polar surface area (TPSA) is 40.1 Å². The summed E-state index contributed by atoms with van der Waals surface area (Å²) in [5, 5.41) is 3.59. The second-order valence-corrected chi connectivity index (χ2v) is 7.68. The summed E-state index contributed by atoms with van der Waals surface area (Å²) >= 11 is 0. The van der Waals surface area contributed by atoms with Crippen molar-refractivity contribution in [1.29, 1.82) is 0 Å². The number of rotatable bonds is 6. The molecule has 1 N–H and O–H groups in total. The lowest BCUT2D eigenvalue weighted by atomic mass is 9.97. The highest BCUT2D eigenvalue weighted by Gasteiger charge is 2.25. The largest absolute Gasteiger partial charge is 0.379 e. The number of aliphatic imine (C=N–C) groups is 1. The van der Waals surface area contributed by atoms with E-state index in [1.807, 2.05) is 7.05 Å². The summed E-state index contributed by atoms with van der Waals surface area (Å²) in [5.41, 5.74) is 0. The molecule has 2 atom stereocenters. The Hall–Kier alpha value is -0.0800. The molecule has 0 aromatic heterocycles. The van der Waals surface area contributed by atoms with Crippen LogP contribution in [0, 0.1) is 17.8 Å². The summed E-state index contributed by atoms with van der Waals surface area (Å²) < 4.78 is 5.42. The summed E-state index contributed by atoms with van der Waals surface area (Å²) in [6.45, 7) is 15.3. The van der Waals surface area contributed by atoms with Gasteiger partial charge in [-0.1, -0.05) is 20.8 Å². The third kappa shape index (κ3) is 7.44. The highest BCUT2D eigenvalue weighted by Crippen LogP contribution is 2.23. The highest BCUT2D eigenvalue weighted by atomic mass is 127. The van der Waals surface area contributed by atoms with Crippen molar-refractivity contribution in [1.82, 2.24) is 15.1 Å². The quantitative estimate of drug-likeness (QED) is 0.382. The van der Waals surface area contributed by atoms with Crippen LogP contribution in [0.15, 0.2) is 4.99 Å². The smallest absolute Gasteiger partial charge is 0.193 e. The molecule has 6 heteroatoms. The van der Waals surface area contributed by atoms with Crippen molar-refractivity contribution < 1.29 is 4.74 Å². The number of halogens is 1. The average Bonchev–Trinajstić information content (AvgIpc) is 2.96. The minimum absolute atomic E-state index is 0. The molecule has 0 spiro atoms. The van der Waals surface area contributed by atoms with Gasteiger partial charge in [-0.2, -0.15) is 0 Å². The van der Waals surface area contributed by atoms with E-state index in [4.69, 9.17) is 4.74 Å². The zero-order valence-electron chi connectivity index (χ0n) is 16.0. The minimum atomic E-state index is 0. The number of likely N-dealkylation sites (tertiary alicyclic amines) is 1. The third-order valence-electron chi connectivity index (χ3n) is 4.88. The van der Waals surface area contributed by atoms with Crippen LogP contribution in [0.4, 0.5) is 0 Å². The number of guanidine groups is 1. The normalized spacial score (nSPS) is 24.1. The number of hydrogen-bond donors (Lipinski definition) is 1. The van der Waals surface area contributed by atoms with Crippen LogP contribution in [-0.2, 0) is 4.74 Å². The first-order valence-corrected chi connectivity index (χ1v) is 9.34. The van der Waals surface area contributed by atoms with Gasteiger partial charge in [0.15, 0.2) is 5.96 Å². The van der Waals surface area contributed by atoms with Crippen LogP contribution in [-0.4, -0.2) is 75.3 Å². The van der Waals surface area contributed by atoms with E-state index in [2.05, 4.69) is 40.9 Å². The molecule has 2 rings (SSSR count). The molecule has 2 heterocycles. The van der Waals surface area contributed by atoms with Crippen LogP contribution in [0.25, 0.3) is 0 Å². The first kappa shape index (κ1) is 22.0. The molecule has 0 bridgehead atoms. The Bertz CT molecular complexity index is 372. The summed E-state index contributed by atoms with van der Waals surface area (Å²) in [7, 11) is 1.91. The molecule has 5 nitrogen and oxygen atoms in total. The second kappa shape index (κ2) is 11.5. The molecule has 2 unspecified atom stereocenters. The zero-order chi connectivity index (χ0) is 16.7. The van der Waals surface area contributed by atoms with Gasteiger partial charge in [-0.05, 0) is 30.6 Å². The fourth-order valence-corrected chi connectivity index (χ4v) is 3.77. The predicted molar refractivity (Wildman–Crippen MR) is 112 cm³/mol. The predicted octanol–water partition coefficient (Wildman–Crippen LogP) is 2.52. The van der Waals surface area contributed by atoms with Crippen LogP contribution in [0.5, 0.6) is 0 Å². The van der Waals surface area contributed by atoms with Gasteiger partial charge in [-0.3, -0.25) is 9.89 Å². The number of nitrogens with one attached hydrogen (secondary N) is 1. The summed E-state index contributed by atoms with van der Waals surface area (Å²) in [6, 6.07) is 0. The van der Waals surface area contributed by atoms with Gasteiger partial charge in [0, 0.05) is 46.3 Å². The van der Waals surface area contributed by atoms with E-state index in [0.717, 1.165) is 70.3 Å². The minimum Gasteiger partial charge on any atom is -0.379 e. The molecule has 0 aliphatic carbocycles. The van der Waals surface area contributed by atoms with E-state index in [1.165, 1.54) is 12.8 Å². The van der Waals surface area contributed by atoms with Crippen molar-refractivity contribution >= 4 is 29.9 Å². The van der Waals surface area contributed by atoms with Gasteiger partial charge in [0.05, 0.1) is 13.2 Å². The molecule has 142 valence electrons. The van der Waals surface area contributed by atoms with Crippen LogP contribution in [0.2, 0.25) is 0 Å². The first-order valence-electron chi connectivity index (χ1n) is 9.34. The van der Waals surface area contributed by atoms with Gasteiger partial charge in [0.2, 0.25) is 0 Å². The summed E-state index contributed by atoms with van der Waals surface area (Å²) in [6.07, 6.45) is 2.64. The lowest BCUT2D eigenvalue weighted by molar-refractivity contribution is 0.0320. The summed E-state index contributed by atoms with van der Waals surface area (Å²) in [4.78, 5) is 9.45. The maximum Gasteiger partial charge on any atom is 0.193 e. The monoisotopic (exact) mass is 452 g/mol. The Morgan fingerprint density at radius 1 is 1.21 bits per heavy atom. The molecule has 2 aliphatic rings. The molecule has 0 amide bonds. The standard InChI is InChI=1S/C18H36N4O.HI/c1-15(2)11-17-5-6-22(14-17)18(19-4)20-12-16(3)13-21-7-9-23-10-8-21;/h15-17H,5-14H2,1-4H3,(H,19,20);1H. The van der Waals surface area contributed by atoms with E-state index >= 15 is 0 Å².